The maximum Gasteiger partial charge on any atom is 0.244 e. The predicted octanol–water partition coefficient (Wildman–Crippen LogP) is 3.19. The normalized spacial score (nSPS) is 16.3. The van der Waals surface area contributed by atoms with E-state index in [-0.39, 0.29) is 5.91 Å². The molecule has 1 aliphatic carbocycles. The Labute approximate surface area is 112 Å². The van der Waals surface area contributed by atoms with Gasteiger partial charge in [-0.3, -0.25) is 4.79 Å². The van der Waals surface area contributed by atoms with Gasteiger partial charge >= 0.3 is 0 Å². The van der Waals surface area contributed by atoms with Crippen LogP contribution in [0.2, 0.25) is 5.02 Å². The zero-order chi connectivity index (χ0) is 11.8. The molecule has 2 rings (SSSR count). The van der Waals surface area contributed by atoms with Crippen molar-refractivity contribution >= 4 is 45.8 Å². The molecule has 0 bridgehead atoms. The van der Waals surface area contributed by atoms with Crippen LogP contribution in [0.3, 0.4) is 0 Å². The van der Waals surface area contributed by atoms with E-state index in [0.29, 0.717) is 23.6 Å². The Balaban J connectivity index is 2.16. The third kappa shape index (κ3) is 2.15. The third-order valence-corrected chi connectivity index (χ3v) is 3.56. The van der Waals surface area contributed by atoms with Gasteiger partial charge in [0.25, 0.3) is 0 Å². The van der Waals surface area contributed by atoms with Gasteiger partial charge in [-0.2, -0.15) is 5.26 Å². The van der Waals surface area contributed by atoms with Gasteiger partial charge in [0.05, 0.1) is 16.8 Å². The second-order valence-corrected chi connectivity index (χ2v) is 5.43. The number of hydrogen-bond acceptors (Lipinski definition) is 2. The highest BCUT2D eigenvalue weighted by molar-refractivity contribution is 14.1. The largest absolute Gasteiger partial charge is 0.323 e. The second kappa shape index (κ2) is 4.22. The second-order valence-electron chi connectivity index (χ2n) is 3.77. The molecule has 0 unspecified atom stereocenters. The predicted molar refractivity (Wildman–Crippen MR) is 70.1 cm³/mol. The summed E-state index contributed by atoms with van der Waals surface area (Å²) in [4.78, 5) is 11.8. The molecule has 1 amide bonds. The van der Waals surface area contributed by atoms with E-state index >= 15 is 0 Å². The summed E-state index contributed by atoms with van der Waals surface area (Å²) in [5.41, 5.74) is -0.250. The van der Waals surface area contributed by atoms with Crippen LogP contribution in [0.4, 0.5) is 5.69 Å². The number of carbonyl (C=O) groups is 1. The van der Waals surface area contributed by atoms with E-state index in [1.807, 2.05) is 12.1 Å². The van der Waals surface area contributed by atoms with Crippen LogP contribution in [-0.2, 0) is 4.79 Å². The van der Waals surface area contributed by atoms with Crippen LogP contribution < -0.4 is 5.32 Å². The monoisotopic (exact) mass is 346 g/mol. The van der Waals surface area contributed by atoms with Crippen molar-refractivity contribution in [2.45, 2.75) is 12.8 Å². The molecule has 0 saturated heterocycles. The third-order valence-electron chi connectivity index (χ3n) is 2.58. The number of nitrogens with one attached hydrogen (secondary N) is 1. The van der Waals surface area contributed by atoms with Gasteiger partial charge in [-0.15, -0.1) is 0 Å². The van der Waals surface area contributed by atoms with Crippen LogP contribution in [-0.4, -0.2) is 5.91 Å². The van der Waals surface area contributed by atoms with Gasteiger partial charge in [0.15, 0.2) is 0 Å². The summed E-state index contributed by atoms with van der Waals surface area (Å²) in [5, 5.41) is 12.1. The van der Waals surface area contributed by atoms with E-state index in [1.165, 1.54) is 0 Å². The Morgan fingerprint density at radius 1 is 1.56 bits per heavy atom. The lowest BCUT2D eigenvalue weighted by atomic mass is 10.1. The molecule has 3 nitrogen and oxygen atoms in total. The summed E-state index contributed by atoms with van der Waals surface area (Å²) in [7, 11) is 0. The fourth-order valence-electron chi connectivity index (χ4n) is 1.35. The average molecular weight is 347 g/mol. The van der Waals surface area contributed by atoms with Gasteiger partial charge in [0.1, 0.15) is 5.41 Å². The zero-order valence-corrected chi connectivity index (χ0v) is 11.2. The van der Waals surface area contributed by atoms with E-state index in [1.54, 1.807) is 12.1 Å². The molecular weight excluding hydrogens is 338 g/mol. The summed E-state index contributed by atoms with van der Waals surface area (Å²) in [6, 6.07) is 7.41. The van der Waals surface area contributed by atoms with Crippen molar-refractivity contribution in [3.05, 3.63) is 26.8 Å². The number of benzene rings is 1. The van der Waals surface area contributed by atoms with Gasteiger partial charge in [0.2, 0.25) is 5.91 Å². The van der Waals surface area contributed by atoms with Crippen molar-refractivity contribution in [2.24, 2.45) is 5.41 Å². The fourth-order valence-corrected chi connectivity index (χ4v) is 2.25. The number of carbonyl (C=O) groups excluding carboxylic acids is 1. The van der Waals surface area contributed by atoms with Gasteiger partial charge in [-0.25, -0.2) is 0 Å². The van der Waals surface area contributed by atoms with Crippen LogP contribution in [0, 0.1) is 20.3 Å². The first kappa shape index (κ1) is 11.7. The van der Waals surface area contributed by atoms with Gasteiger partial charge in [-0.05, 0) is 53.6 Å². The van der Waals surface area contributed by atoms with Crippen molar-refractivity contribution in [2.75, 3.05) is 5.32 Å². The standard InChI is InChI=1S/C11H8ClIN2O/c12-8-5-7(13)1-2-9(8)15-10(16)11(6-14)3-4-11/h1-2,5H,3-4H2,(H,15,16). The number of rotatable bonds is 2. The first-order valence-corrected chi connectivity index (χ1v) is 6.21. The lowest BCUT2D eigenvalue weighted by molar-refractivity contribution is -0.119. The van der Waals surface area contributed by atoms with Crippen LogP contribution in [0.25, 0.3) is 0 Å². The average Bonchev–Trinajstić information content (AvgIpc) is 3.03. The van der Waals surface area contributed by atoms with Crippen molar-refractivity contribution in [3.63, 3.8) is 0 Å². The van der Waals surface area contributed by atoms with Crippen LogP contribution in [0.15, 0.2) is 18.2 Å². The number of hydrogen-bond donors (Lipinski definition) is 1. The van der Waals surface area contributed by atoms with Crippen molar-refractivity contribution in [3.8, 4) is 6.07 Å². The van der Waals surface area contributed by atoms with Crippen molar-refractivity contribution in [1.29, 1.82) is 5.26 Å². The lowest BCUT2D eigenvalue weighted by Gasteiger charge is -2.09. The van der Waals surface area contributed by atoms with Gasteiger partial charge in [-0.1, -0.05) is 11.6 Å². The Hall–Kier alpha value is -0.800. The number of amides is 1. The maximum atomic E-state index is 11.8. The Morgan fingerprint density at radius 2 is 2.25 bits per heavy atom. The van der Waals surface area contributed by atoms with Crippen molar-refractivity contribution < 1.29 is 4.79 Å². The summed E-state index contributed by atoms with van der Waals surface area (Å²) in [6.07, 6.45) is 1.27. The SMILES string of the molecule is N#CC1(C(=O)Nc2ccc(I)cc2Cl)CC1. The molecule has 0 radical (unpaired) electrons. The molecule has 0 atom stereocenters. The number of nitriles is 1. The Morgan fingerprint density at radius 3 is 2.75 bits per heavy atom. The number of halogens is 2. The summed E-state index contributed by atoms with van der Waals surface area (Å²) < 4.78 is 1.00. The Kier molecular flexibility index (Phi) is 3.08. The molecule has 1 fully saturated rings. The number of anilines is 1. The topological polar surface area (TPSA) is 52.9 Å². The smallest absolute Gasteiger partial charge is 0.244 e. The Bertz CT molecular complexity index is 491. The lowest BCUT2D eigenvalue weighted by Crippen LogP contribution is -2.22. The van der Waals surface area contributed by atoms with E-state index in [4.69, 9.17) is 16.9 Å². The summed E-state index contributed by atoms with van der Waals surface area (Å²) >= 11 is 8.13. The minimum atomic E-state index is -0.813. The first-order chi connectivity index (χ1) is 7.57. The molecule has 0 aromatic heterocycles. The van der Waals surface area contributed by atoms with Crippen LogP contribution in [0.5, 0.6) is 0 Å². The molecule has 1 aliphatic rings. The molecule has 0 spiro atoms. The van der Waals surface area contributed by atoms with E-state index < -0.39 is 5.41 Å². The highest BCUT2D eigenvalue weighted by Gasteiger charge is 2.50. The van der Waals surface area contributed by atoms with Gasteiger partial charge < -0.3 is 5.32 Å². The van der Waals surface area contributed by atoms with Crippen LogP contribution in [0.1, 0.15) is 12.8 Å². The van der Waals surface area contributed by atoms with Crippen LogP contribution >= 0.6 is 34.2 Å². The number of nitrogens with zero attached hydrogens (tertiary/aromatic N) is 1. The van der Waals surface area contributed by atoms with E-state index in [9.17, 15) is 4.79 Å². The highest BCUT2D eigenvalue weighted by atomic mass is 127. The fraction of sp³-hybridized carbons (Fsp3) is 0.273. The molecule has 1 saturated carbocycles. The molecule has 0 heterocycles. The molecule has 5 heteroatoms. The maximum absolute atomic E-state index is 11.8. The molecule has 0 aliphatic heterocycles. The molecular formula is C11H8ClIN2O. The molecule has 1 aromatic rings. The highest BCUT2D eigenvalue weighted by Crippen LogP contribution is 2.46. The zero-order valence-electron chi connectivity index (χ0n) is 8.26. The molecule has 1 N–H and O–H groups in total. The van der Waals surface area contributed by atoms with E-state index in [2.05, 4.69) is 27.9 Å². The summed E-state index contributed by atoms with van der Waals surface area (Å²) in [6.45, 7) is 0. The van der Waals surface area contributed by atoms with Gasteiger partial charge in [0, 0.05) is 3.57 Å². The quantitative estimate of drug-likeness (QED) is 0.836. The van der Waals surface area contributed by atoms with Crippen molar-refractivity contribution in [1.82, 2.24) is 0 Å². The first-order valence-electron chi connectivity index (χ1n) is 4.75. The molecule has 16 heavy (non-hydrogen) atoms. The molecule has 1 aromatic carbocycles. The minimum Gasteiger partial charge on any atom is -0.323 e. The minimum absolute atomic E-state index is 0.252. The molecule has 82 valence electrons. The van der Waals surface area contributed by atoms with E-state index in [0.717, 1.165) is 3.57 Å². The summed E-state index contributed by atoms with van der Waals surface area (Å²) in [5.74, 6) is -0.252.